The van der Waals surface area contributed by atoms with Crippen molar-refractivity contribution in [2.75, 3.05) is 31.2 Å². The molecule has 1 aliphatic heterocycles. The van der Waals surface area contributed by atoms with Crippen LogP contribution >= 0.6 is 11.8 Å². The van der Waals surface area contributed by atoms with E-state index in [4.69, 9.17) is 9.47 Å². The molecule has 1 aliphatic rings. The molecule has 5 nitrogen and oxygen atoms in total. The second-order valence-corrected chi connectivity index (χ2v) is 4.86. The van der Waals surface area contributed by atoms with Crippen molar-refractivity contribution in [3.8, 4) is 11.5 Å². The minimum atomic E-state index is -0.137. The van der Waals surface area contributed by atoms with E-state index in [-0.39, 0.29) is 11.9 Å². The van der Waals surface area contributed by atoms with Gasteiger partial charge in [-0.1, -0.05) is 0 Å². The van der Waals surface area contributed by atoms with E-state index in [1.54, 1.807) is 44.2 Å². The lowest BCUT2D eigenvalue weighted by atomic mass is 10.2. The number of rotatable bonds is 4. The van der Waals surface area contributed by atoms with Crippen LogP contribution < -0.4 is 20.1 Å². The molecular formula is C12H16N2O3S. The molecule has 1 saturated heterocycles. The zero-order valence-electron chi connectivity index (χ0n) is 10.4. The van der Waals surface area contributed by atoms with E-state index < -0.39 is 0 Å². The van der Waals surface area contributed by atoms with Crippen LogP contribution in [0.1, 0.15) is 0 Å². The molecule has 1 fully saturated rings. The predicted molar refractivity (Wildman–Crippen MR) is 72.4 cm³/mol. The first kappa shape index (κ1) is 13.0. The summed E-state index contributed by atoms with van der Waals surface area (Å²) >= 11 is 1.71. The number of methoxy groups -OCH3 is 2. The second-order valence-electron chi connectivity index (χ2n) is 3.83. The summed E-state index contributed by atoms with van der Waals surface area (Å²) < 4.78 is 10.3. The summed E-state index contributed by atoms with van der Waals surface area (Å²) in [6.07, 6.45) is 0. The second kappa shape index (κ2) is 5.97. The summed E-state index contributed by atoms with van der Waals surface area (Å²) in [4.78, 5) is 12.0. The van der Waals surface area contributed by atoms with E-state index in [2.05, 4.69) is 10.6 Å². The molecule has 0 bridgehead atoms. The molecule has 18 heavy (non-hydrogen) atoms. The standard InChI is InChI=1S/C12H16N2O3S/c1-16-8-3-4-9(11(5-8)17-2)14-12(15)10-6-18-7-13-10/h3-5,10,13H,6-7H2,1-2H3,(H,14,15). The van der Waals surface area contributed by atoms with Gasteiger partial charge in [-0.15, -0.1) is 11.8 Å². The van der Waals surface area contributed by atoms with Gasteiger partial charge < -0.3 is 14.8 Å². The average Bonchev–Trinajstić information content (AvgIpc) is 2.93. The molecule has 1 atom stereocenters. The van der Waals surface area contributed by atoms with Crippen molar-refractivity contribution >= 4 is 23.4 Å². The fraction of sp³-hybridized carbons (Fsp3) is 0.417. The lowest BCUT2D eigenvalue weighted by molar-refractivity contribution is -0.117. The molecule has 0 radical (unpaired) electrons. The van der Waals surface area contributed by atoms with Gasteiger partial charge in [0.1, 0.15) is 11.5 Å². The van der Waals surface area contributed by atoms with Crippen molar-refractivity contribution in [3.63, 3.8) is 0 Å². The monoisotopic (exact) mass is 268 g/mol. The fourth-order valence-electron chi connectivity index (χ4n) is 1.69. The van der Waals surface area contributed by atoms with E-state index in [9.17, 15) is 4.79 Å². The Bertz CT molecular complexity index is 433. The van der Waals surface area contributed by atoms with Crippen LogP contribution in [0.2, 0.25) is 0 Å². The van der Waals surface area contributed by atoms with Crippen LogP contribution in [-0.4, -0.2) is 37.8 Å². The van der Waals surface area contributed by atoms with Crippen LogP contribution in [0.5, 0.6) is 11.5 Å². The lowest BCUT2D eigenvalue weighted by Crippen LogP contribution is -2.37. The molecule has 1 aromatic rings. The van der Waals surface area contributed by atoms with Crippen molar-refractivity contribution in [1.29, 1.82) is 0 Å². The first-order valence-electron chi connectivity index (χ1n) is 5.58. The largest absolute Gasteiger partial charge is 0.497 e. The maximum Gasteiger partial charge on any atom is 0.242 e. The smallest absolute Gasteiger partial charge is 0.242 e. The Morgan fingerprint density at radius 3 is 2.89 bits per heavy atom. The highest BCUT2D eigenvalue weighted by atomic mass is 32.2. The highest BCUT2D eigenvalue weighted by molar-refractivity contribution is 7.99. The predicted octanol–water partition coefficient (Wildman–Crippen LogP) is 1.30. The highest BCUT2D eigenvalue weighted by Crippen LogP contribution is 2.29. The summed E-state index contributed by atoms with van der Waals surface area (Å²) in [6.45, 7) is 0. The van der Waals surface area contributed by atoms with Gasteiger partial charge in [-0.2, -0.15) is 0 Å². The number of benzene rings is 1. The maximum atomic E-state index is 12.0. The highest BCUT2D eigenvalue weighted by Gasteiger charge is 2.23. The molecule has 0 saturated carbocycles. The fourth-order valence-corrected chi connectivity index (χ4v) is 2.63. The van der Waals surface area contributed by atoms with Crippen molar-refractivity contribution in [2.24, 2.45) is 0 Å². The van der Waals surface area contributed by atoms with Gasteiger partial charge in [-0.3, -0.25) is 10.1 Å². The average molecular weight is 268 g/mol. The molecule has 0 aliphatic carbocycles. The van der Waals surface area contributed by atoms with Gasteiger partial charge in [0.05, 0.1) is 25.9 Å². The molecule has 1 unspecified atom stereocenters. The van der Waals surface area contributed by atoms with Gasteiger partial charge in [-0.25, -0.2) is 0 Å². The first-order valence-corrected chi connectivity index (χ1v) is 6.74. The van der Waals surface area contributed by atoms with Crippen LogP contribution in [0.3, 0.4) is 0 Å². The van der Waals surface area contributed by atoms with Crippen molar-refractivity contribution in [3.05, 3.63) is 18.2 Å². The summed E-state index contributed by atoms with van der Waals surface area (Å²) in [7, 11) is 3.15. The number of ether oxygens (including phenoxy) is 2. The zero-order valence-corrected chi connectivity index (χ0v) is 11.2. The topological polar surface area (TPSA) is 59.6 Å². The Kier molecular flexibility index (Phi) is 4.33. The molecular weight excluding hydrogens is 252 g/mol. The number of nitrogens with one attached hydrogen (secondary N) is 2. The van der Waals surface area contributed by atoms with Gasteiger partial charge >= 0.3 is 0 Å². The van der Waals surface area contributed by atoms with Crippen molar-refractivity contribution in [2.45, 2.75) is 6.04 Å². The van der Waals surface area contributed by atoms with E-state index in [1.807, 2.05) is 0 Å². The third-order valence-corrected chi connectivity index (χ3v) is 3.64. The quantitative estimate of drug-likeness (QED) is 0.862. The minimum Gasteiger partial charge on any atom is -0.497 e. The third-order valence-electron chi connectivity index (χ3n) is 2.70. The minimum absolute atomic E-state index is 0.0385. The molecule has 2 N–H and O–H groups in total. The van der Waals surface area contributed by atoms with Crippen LogP contribution in [0, 0.1) is 0 Å². The number of hydrogen-bond acceptors (Lipinski definition) is 5. The Morgan fingerprint density at radius 1 is 1.44 bits per heavy atom. The van der Waals surface area contributed by atoms with Gasteiger partial charge in [0, 0.05) is 17.7 Å². The molecule has 1 amide bonds. The molecule has 98 valence electrons. The molecule has 2 rings (SSSR count). The summed E-state index contributed by atoms with van der Waals surface area (Å²) in [5.41, 5.74) is 0.655. The Labute approximate surface area is 110 Å². The number of anilines is 1. The molecule has 1 heterocycles. The van der Waals surface area contributed by atoms with Crippen LogP contribution in [0.15, 0.2) is 18.2 Å². The van der Waals surface area contributed by atoms with Crippen LogP contribution in [-0.2, 0) is 4.79 Å². The van der Waals surface area contributed by atoms with Gasteiger partial charge in [-0.05, 0) is 12.1 Å². The normalized spacial score (nSPS) is 18.4. The first-order chi connectivity index (χ1) is 8.74. The van der Waals surface area contributed by atoms with Gasteiger partial charge in [0.2, 0.25) is 5.91 Å². The van der Waals surface area contributed by atoms with E-state index in [0.717, 1.165) is 11.6 Å². The number of thioether (sulfide) groups is 1. The Hall–Kier alpha value is -1.40. The lowest BCUT2D eigenvalue weighted by Gasteiger charge is -2.14. The molecule has 6 heteroatoms. The number of hydrogen-bond donors (Lipinski definition) is 2. The van der Waals surface area contributed by atoms with Crippen molar-refractivity contribution < 1.29 is 14.3 Å². The molecule has 0 spiro atoms. The van der Waals surface area contributed by atoms with E-state index >= 15 is 0 Å². The number of carbonyl (C=O) groups is 1. The molecule has 0 aromatic heterocycles. The van der Waals surface area contributed by atoms with Crippen LogP contribution in [0.4, 0.5) is 5.69 Å². The maximum absolute atomic E-state index is 12.0. The number of carbonyl (C=O) groups excluding carboxylic acids is 1. The Morgan fingerprint density at radius 2 is 2.28 bits per heavy atom. The SMILES string of the molecule is COc1ccc(NC(=O)C2CSCN2)c(OC)c1. The van der Waals surface area contributed by atoms with Crippen LogP contribution in [0.25, 0.3) is 0 Å². The Balaban J connectivity index is 2.10. The third kappa shape index (κ3) is 2.88. The molecule has 1 aromatic carbocycles. The summed E-state index contributed by atoms with van der Waals surface area (Å²) in [5.74, 6) is 2.86. The zero-order chi connectivity index (χ0) is 13.0. The van der Waals surface area contributed by atoms with Gasteiger partial charge in [0.25, 0.3) is 0 Å². The van der Waals surface area contributed by atoms with E-state index in [1.165, 1.54) is 0 Å². The summed E-state index contributed by atoms with van der Waals surface area (Å²) in [5, 5.41) is 5.98. The van der Waals surface area contributed by atoms with E-state index in [0.29, 0.717) is 17.2 Å². The van der Waals surface area contributed by atoms with Crippen molar-refractivity contribution in [1.82, 2.24) is 5.32 Å². The van der Waals surface area contributed by atoms with Gasteiger partial charge in [0.15, 0.2) is 0 Å². The number of amides is 1. The summed E-state index contributed by atoms with van der Waals surface area (Å²) in [6, 6.07) is 5.17.